The molecule has 1 aromatic carbocycles. The number of thiophene rings is 1. The van der Waals surface area contributed by atoms with Gasteiger partial charge in [0.25, 0.3) is 5.06 Å². The van der Waals surface area contributed by atoms with Gasteiger partial charge in [0.1, 0.15) is 5.75 Å². The van der Waals surface area contributed by atoms with Crippen molar-refractivity contribution >= 4 is 17.0 Å². The van der Waals surface area contributed by atoms with Gasteiger partial charge in [0.2, 0.25) is 0 Å². The second-order valence-electron chi connectivity index (χ2n) is 5.01. The summed E-state index contributed by atoms with van der Waals surface area (Å²) in [5.74, 6) is 0.636. The van der Waals surface area contributed by atoms with Gasteiger partial charge in [0, 0.05) is 10.9 Å². The highest BCUT2D eigenvalue weighted by Gasteiger charge is 2.24. The largest absolute Gasteiger partial charge is 0.439 e. The summed E-state index contributed by atoms with van der Waals surface area (Å²) in [5.41, 5.74) is 2.82. The molecular weight excluding hydrogens is 290 g/mol. The van der Waals surface area contributed by atoms with Gasteiger partial charge in [0.05, 0.1) is 11.0 Å². The molecule has 0 saturated carbocycles. The van der Waals surface area contributed by atoms with E-state index < -0.39 is 11.0 Å². The molecule has 0 aliphatic carbocycles. The Bertz CT molecular complexity index is 691. The molecule has 0 saturated heterocycles. The topological polar surface area (TPSA) is 72.6 Å². The van der Waals surface area contributed by atoms with Crippen molar-refractivity contribution in [3.63, 3.8) is 0 Å². The Morgan fingerprint density at radius 2 is 1.90 bits per heavy atom. The maximum Gasteiger partial charge on any atom is 0.323 e. The molecule has 0 amide bonds. The van der Waals surface area contributed by atoms with Crippen LogP contribution in [0.25, 0.3) is 0 Å². The first-order chi connectivity index (χ1) is 9.81. The average molecular weight is 307 g/mol. The van der Waals surface area contributed by atoms with Crippen LogP contribution in [0.3, 0.4) is 0 Å². The van der Waals surface area contributed by atoms with E-state index in [0.717, 1.165) is 28.0 Å². The zero-order chi connectivity index (χ0) is 15.7. The summed E-state index contributed by atoms with van der Waals surface area (Å²) >= 11 is 1.10. The fraction of sp³-hybridized carbons (Fsp3) is 0.333. The molecule has 0 aliphatic rings. The van der Waals surface area contributed by atoms with Gasteiger partial charge in [-0.1, -0.05) is 23.5 Å². The van der Waals surface area contributed by atoms with E-state index >= 15 is 0 Å². The Balaban J connectivity index is 2.49. The molecule has 2 rings (SSSR count). The van der Waals surface area contributed by atoms with Crippen LogP contribution in [-0.4, -0.2) is 10.0 Å². The summed E-state index contributed by atoms with van der Waals surface area (Å²) in [4.78, 5) is 11.2. The third-order valence-corrected chi connectivity index (χ3v) is 4.55. The quantitative estimate of drug-likeness (QED) is 0.670. The van der Waals surface area contributed by atoms with Crippen LogP contribution < -0.4 is 4.74 Å². The minimum Gasteiger partial charge on any atom is -0.439 e. The third-order valence-electron chi connectivity index (χ3n) is 3.38. The lowest BCUT2D eigenvalue weighted by Crippen LogP contribution is -1.94. The highest BCUT2D eigenvalue weighted by Crippen LogP contribution is 2.43. The third kappa shape index (κ3) is 3.06. The zero-order valence-corrected chi connectivity index (χ0v) is 13.2. The number of rotatable bonds is 4. The number of hydrogen-bond acceptors (Lipinski definition) is 5. The van der Waals surface area contributed by atoms with Crippen LogP contribution in [0.5, 0.6) is 10.8 Å². The van der Waals surface area contributed by atoms with E-state index in [1.54, 1.807) is 6.92 Å². The molecule has 112 valence electrons. The van der Waals surface area contributed by atoms with E-state index in [2.05, 4.69) is 0 Å². The summed E-state index contributed by atoms with van der Waals surface area (Å²) < 4.78 is 5.81. The number of aliphatic hydroxyl groups excluding tert-OH is 1. The van der Waals surface area contributed by atoms with Crippen molar-refractivity contribution in [2.45, 2.75) is 33.8 Å². The van der Waals surface area contributed by atoms with E-state index in [9.17, 15) is 15.2 Å². The lowest BCUT2D eigenvalue weighted by Gasteiger charge is -2.12. The normalized spacial score (nSPS) is 12.2. The molecule has 0 aliphatic heterocycles. The molecule has 21 heavy (non-hydrogen) atoms. The molecule has 1 N–H and O–H groups in total. The minimum absolute atomic E-state index is 0.115. The molecule has 1 heterocycles. The van der Waals surface area contributed by atoms with Crippen molar-refractivity contribution in [3.8, 4) is 10.8 Å². The first-order valence-corrected chi connectivity index (χ1v) is 7.33. The molecule has 0 radical (unpaired) electrons. The molecule has 0 fully saturated rings. The molecule has 1 aromatic heterocycles. The van der Waals surface area contributed by atoms with Crippen LogP contribution in [-0.2, 0) is 0 Å². The fourth-order valence-electron chi connectivity index (χ4n) is 1.96. The van der Waals surface area contributed by atoms with Gasteiger partial charge in [-0.2, -0.15) is 0 Å². The number of nitrogens with zero attached hydrogens (tertiary/aromatic N) is 1. The van der Waals surface area contributed by atoms with Gasteiger partial charge in [0.15, 0.2) is 0 Å². The highest BCUT2D eigenvalue weighted by molar-refractivity contribution is 7.14. The van der Waals surface area contributed by atoms with Gasteiger partial charge in [-0.15, -0.1) is 0 Å². The van der Waals surface area contributed by atoms with E-state index in [0.29, 0.717) is 10.6 Å². The molecule has 6 heteroatoms. The van der Waals surface area contributed by atoms with Crippen LogP contribution in [0.2, 0.25) is 0 Å². The number of ether oxygens (including phenoxy) is 1. The second-order valence-corrected chi connectivity index (χ2v) is 6.06. The molecule has 0 spiro atoms. The average Bonchev–Trinajstić information content (AvgIpc) is 2.83. The van der Waals surface area contributed by atoms with Gasteiger partial charge < -0.3 is 9.84 Å². The van der Waals surface area contributed by atoms with Crippen molar-refractivity contribution in [1.29, 1.82) is 0 Å². The Hall–Kier alpha value is -1.92. The van der Waals surface area contributed by atoms with Crippen LogP contribution in [0.4, 0.5) is 5.69 Å². The van der Waals surface area contributed by atoms with Crippen LogP contribution in [0.1, 0.15) is 34.6 Å². The minimum atomic E-state index is -0.759. The van der Waals surface area contributed by atoms with Crippen LogP contribution >= 0.6 is 11.3 Å². The Labute approximate surface area is 127 Å². The zero-order valence-electron chi connectivity index (χ0n) is 12.3. The molecule has 0 bridgehead atoms. The number of benzene rings is 1. The standard InChI is InChI=1S/C15H17NO4S/c1-8-5-6-9(2)14(10(8)3)20-15-12(16(18)19)7-13(21-15)11(4)17/h5-7,11,17H,1-4H3/t11-/m0/s1. The van der Waals surface area contributed by atoms with Crippen molar-refractivity contribution in [2.24, 2.45) is 0 Å². The van der Waals surface area contributed by atoms with Gasteiger partial charge in [-0.25, -0.2) is 0 Å². The van der Waals surface area contributed by atoms with Crippen molar-refractivity contribution in [2.75, 3.05) is 0 Å². The Morgan fingerprint density at radius 1 is 1.29 bits per heavy atom. The summed E-state index contributed by atoms with van der Waals surface area (Å²) in [6, 6.07) is 5.28. The lowest BCUT2D eigenvalue weighted by molar-refractivity contribution is -0.385. The summed E-state index contributed by atoms with van der Waals surface area (Å²) in [7, 11) is 0. The molecule has 0 unspecified atom stereocenters. The maximum atomic E-state index is 11.1. The maximum absolute atomic E-state index is 11.1. The SMILES string of the molecule is Cc1ccc(C)c(Oc2sc([C@H](C)O)cc2[N+](=O)[O-])c1C. The van der Waals surface area contributed by atoms with Gasteiger partial charge in [-0.05, 0) is 44.4 Å². The van der Waals surface area contributed by atoms with Crippen molar-refractivity contribution in [3.05, 3.63) is 49.9 Å². The molecular formula is C15H17NO4S. The van der Waals surface area contributed by atoms with E-state index in [1.165, 1.54) is 6.07 Å². The summed E-state index contributed by atoms with van der Waals surface area (Å²) in [5, 5.41) is 20.9. The Morgan fingerprint density at radius 3 is 2.48 bits per heavy atom. The van der Waals surface area contributed by atoms with E-state index in [4.69, 9.17) is 4.74 Å². The number of hydrogen-bond donors (Lipinski definition) is 1. The van der Waals surface area contributed by atoms with Crippen molar-refractivity contribution < 1.29 is 14.8 Å². The monoisotopic (exact) mass is 307 g/mol. The van der Waals surface area contributed by atoms with E-state index in [1.807, 2.05) is 32.9 Å². The first-order valence-electron chi connectivity index (χ1n) is 6.52. The predicted octanol–water partition coefficient (Wildman–Crippen LogP) is 4.43. The molecule has 2 aromatic rings. The highest BCUT2D eigenvalue weighted by atomic mass is 32.1. The lowest BCUT2D eigenvalue weighted by atomic mass is 10.1. The first kappa shape index (κ1) is 15.5. The number of aliphatic hydroxyl groups is 1. The van der Waals surface area contributed by atoms with Gasteiger partial charge in [-0.3, -0.25) is 10.1 Å². The van der Waals surface area contributed by atoms with E-state index in [-0.39, 0.29) is 10.8 Å². The fourth-order valence-corrected chi connectivity index (χ4v) is 2.88. The predicted molar refractivity (Wildman–Crippen MR) is 82.3 cm³/mol. The van der Waals surface area contributed by atoms with Gasteiger partial charge >= 0.3 is 5.69 Å². The summed E-state index contributed by atoms with van der Waals surface area (Å²) in [6.45, 7) is 7.36. The summed E-state index contributed by atoms with van der Waals surface area (Å²) in [6.07, 6.45) is -0.759. The van der Waals surface area contributed by atoms with Crippen molar-refractivity contribution in [1.82, 2.24) is 0 Å². The smallest absolute Gasteiger partial charge is 0.323 e. The molecule has 5 nitrogen and oxygen atoms in total. The molecule has 1 atom stereocenters. The Kier molecular flexibility index (Phi) is 4.29. The van der Waals surface area contributed by atoms with Crippen LogP contribution in [0, 0.1) is 30.9 Å². The number of nitro groups is 1. The van der Waals surface area contributed by atoms with Crippen LogP contribution in [0.15, 0.2) is 18.2 Å². The second kappa shape index (κ2) is 5.83. The number of aryl methyl sites for hydroxylation is 2.